The van der Waals surface area contributed by atoms with Crippen molar-refractivity contribution in [3.63, 3.8) is 0 Å². The van der Waals surface area contributed by atoms with Crippen molar-refractivity contribution in [3.8, 4) is 17.6 Å². The molecule has 36 heavy (non-hydrogen) atoms. The molecule has 0 bridgehead atoms. The molecule has 0 atom stereocenters. The SMILES string of the molecule is CN(C)c1nc(N)nc(/C(C#N)=C/c2ccc(OCc3ccccc3)c(OCc3ccccc3)c2)n1. The lowest BCUT2D eigenvalue weighted by Gasteiger charge is -2.14. The Morgan fingerprint density at radius 1 is 0.861 bits per heavy atom. The van der Waals surface area contributed by atoms with E-state index in [2.05, 4.69) is 21.0 Å². The van der Waals surface area contributed by atoms with Crippen molar-refractivity contribution in [2.45, 2.75) is 13.2 Å². The van der Waals surface area contributed by atoms with Crippen LogP contribution >= 0.6 is 0 Å². The molecule has 0 unspecified atom stereocenters. The van der Waals surface area contributed by atoms with Gasteiger partial charge < -0.3 is 20.1 Å². The minimum atomic E-state index is 0.0430. The van der Waals surface area contributed by atoms with Crippen molar-refractivity contribution in [3.05, 3.63) is 101 Å². The van der Waals surface area contributed by atoms with Gasteiger partial charge in [0, 0.05) is 14.1 Å². The fourth-order valence-corrected chi connectivity index (χ4v) is 3.33. The van der Waals surface area contributed by atoms with Crippen LogP contribution in [-0.2, 0) is 13.2 Å². The number of allylic oxidation sites excluding steroid dienone is 1. The van der Waals surface area contributed by atoms with Crippen LogP contribution < -0.4 is 20.1 Å². The van der Waals surface area contributed by atoms with E-state index in [0.717, 1.165) is 16.7 Å². The van der Waals surface area contributed by atoms with Gasteiger partial charge in [0.05, 0.1) is 5.57 Å². The van der Waals surface area contributed by atoms with Crippen LogP contribution in [0.4, 0.5) is 11.9 Å². The van der Waals surface area contributed by atoms with Crippen LogP contribution in [0.15, 0.2) is 78.9 Å². The van der Waals surface area contributed by atoms with Crippen molar-refractivity contribution in [1.82, 2.24) is 15.0 Å². The van der Waals surface area contributed by atoms with Gasteiger partial charge in [-0.05, 0) is 34.9 Å². The van der Waals surface area contributed by atoms with Gasteiger partial charge in [0.15, 0.2) is 17.3 Å². The number of nitrogens with two attached hydrogens (primary N) is 1. The number of ether oxygens (including phenoxy) is 2. The summed E-state index contributed by atoms with van der Waals surface area (Å²) in [7, 11) is 3.58. The second-order valence-corrected chi connectivity index (χ2v) is 8.14. The molecule has 0 amide bonds. The van der Waals surface area contributed by atoms with Gasteiger partial charge in [0.1, 0.15) is 19.3 Å². The predicted octanol–water partition coefficient (Wildman–Crippen LogP) is 4.74. The molecule has 0 saturated heterocycles. The summed E-state index contributed by atoms with van der Waals surface area (Å²) >= 11 is 0. The molecule has 0 aliphatic heterocycles. The summed E-state index contributed by atoms with van der Waals surface area (Å²) in [5.74, 6) is 1.77. The summed E-state index contributed by atoms with van der Waals surface area (Å²) in [6.07, 6.45) is 1.69. The maximum Gasteiger partial charge on any atom is 0.230 e. The molecule has 0 aliphatic carbocycles. The maximum absolute atomic E-state index is 9.82. The highest BCUT2D eigenvalue weighted by molar-refractivity contribution is 5.87. The third-order valence-electron chi connectivity index (χ3n) is 5.16. The van der Waals surface area contributed by atoms with Gasteiger partial charge in [-0.15, -0.1) is 0 Å². The summed E-state index contributed by atoms with van der Waals surface area (Å²) in [5, 5.41) is 9.82. The Morgan fingerprint density at radius 2 is 1.47 bits per heavy atom. The number of rotatable bonds is 9. The van der Waals surface area contributed by atoms with Gasteiger partial charge in [-0.1, -0.05) is 66.7 Å². The van der Waals surface area contributed by atoms with Crippen molar-refractivity contribution in [2.75, 3.05) is 24.7 Å². The summed E-state index contributed by atoms with van der Waals surface area (Å²) < 4.78 is 12.2. The highest BCUT2D eigenvalue weighted by atomic mass is 16.5. The molecule has 0 fully saturated rings. The van der Waals surface area contributed by atoms with Gasteiger partial charge >= 0.3 is 0 Å². The first-order chi connectivity index (χ1) is 17.5. The van der Waals surface area contributed by atoms with Crippen LogP contribution in [0.5, 0.6) is 11.5 Å². The average Bonchev–Trinajstić information content (AvgIpc) is 2.90. The fraction of sp³-hybridized carbons (Fsp3) is 0.143. The molecule has 1 heterocycles. The molecule has 0 spiro atoms. The quantitative estimate of drug-likeness (QED) is 0.344. The molecular formula is C28H26N6O2. The normalized spacial score (nSPS) is 11.0. The van der Waals surface area contributed by atoms with Crippen molar-refractivity contribution in [2.24, 2.45) is 0 Å². The molecule has 0 radical (unpaired) electrons. The van der Waals surface area contributed by atoms with E-state index in [4.69, 9.17) is 15.2 Å². The fourth-order valence-electron chi connectivity index (χ4n) is 3.33. The van der Waals surface area contributed by atoms with Crippen LogP contribution in [0.2, 0.25) is 0 Å². The van der Waals surface area contributed by atoms with E-state index in [9.17, 15) is 5.26 Å². The first-order valence-electron chi connectivity index (χ1n) is 11.3. The van der Waals surface area contributed by atoms with Crippen LogP contribution in [0, 0.1) is 11.3 Å². The zero-order chi connectivity index (χ0) is 25.3. The van der Waals surface area contributed by atoms with Gasteiger partial charge in [-0.2, -0.15) is 20.2 Å². The van der Waals surface area contributed by atoms with E-state index in [0.29, 0.717) is 30.7 Å². The van der Waals surface area contributed by atoms with Gasteiger partial charge in [-0.3, -0.25) is 0 Å². The first-order valence-corrected chi connectivity index (χ1v) is 11.3. The van der Waals surface area contributed by atoms with Gasteiger partial charge in [0.2, 0.25) is 11.9 Å². The smallest absolute Gasteiger partial charge is 0.230 e. The summed E-state index contributed by atoms with van der Waals surface area (Å²) in [6, 6.07) is 27.5. The highest BCUT2D eigenvalue weighted by Gasteiger charge is 2.13. The van der Waals surface area contributed by atoms with E-state index < -0.39 is 0 Å². The molecule has 3 aromatic carbocycles. The lowest BCUT2D eigenvalue weighted by molar-refractivity contribution is 0.256. The number of nitrogen functional groups attached to an aromatic ring is 1. The van der Waals surface area contributed by atoms with E-state index >= 15 is 0 Å². The molecule has 4 rings (SSSR count). The minimum absolute atomic E-state index is 0.0430. The van der Waals surface area contributed by atoms with Crippen molar-refractivity contribution >= 4 is 23.5 Å². The van der Waals surface area contributed by atoms with E-state index in [1.54, 1.807) is 25.1 Å². The third-order valence-corrected chi connectivity index (χ3v) is 5.16. The molecule has 0 aliphatic rings. The molecule has 4 aromatic rings. The molecule has 8 nitrogen and oxygen atoms in total. The van der Waals surface area contributed by atoms with Crippen LogP contribution in [-0.4, -0.2) is 29.0 Å². The molecule has 180 valence electrons. The number of nitriles is 1. The third kappa shape index (κ3) is 6.36. The van der Waals surface area contributed by atoms with Crippen molar-refractivity contribution < 1.29 is 9.47 Å². The molecule has 0 saturated carbocycles. The number of nitrogens with zero attached hydrogens (tertiary/aromatic N) is 5. The van der Waals surface area contributed by atoms with Gasteiger partial charge in [-0.25, -0.2) is 0 Å². The second kappa shape index (κ2) is 11.5. The number of hydrogen-bond acceptors (Lipinski definition) is 8. The lowest BCUT2D eigenvalue weighted by Crippen LogP contribution is -2.15. The van der Waals surface area contributed by atoms with E-state index in [-0.39, 0.29) is 17.3 Å². The topological polar surface area (TPSA) is 110 Å². The molecular weight excluding hydrogens is 452 g/mol. The number of benzene rings is 3. The van der Waals surface area contributed by atoms with E-state index in [1.165, 1.54) is 0 Å². The Kier molecular flexibility index (Phi) is 7.73. The first kappa shape index (κ1) is 24.2. The Labute approximate surface area is 210 Å². The lowest BCUT2D eigenvalue weighted by atomic mass is 10.1. The maximum atomic E-state index is 9.82. The van der Waals surface area contributed by atoms with E-state index in [1.807, 2.05) is 78.9 Å². The Hall–Kier alpha value is -4.90. The van der Waals surface area contributed by atoms with Crippen LogP contribution in [0.1, 0.15) is 22.5 Å². The Bertz CT molecular complexity index is 1380. The highest BCUT2D eigenvalue weighted by Crippen LogP contribution is 2.31. The average molecular weight is 479 g/mol. The van der Waals surface area contributed by atoms with Crippen LogP contribution in [0.25, 0.3) is 11.6 Å². The summed E-state index contributed by atoms with van der Waals surface area (Å²) in [4.78, 5) is 14.3. The van der Waals surface area contributed by atoms with Crippen LogP contribution in [0.3, 0.4) is 0 Å². The number of aromatic nitrogens is 3. The van der Waals surface area contributed by atoms with Crippen molar-refractivity contribution in [1.29, 1.82) is 5.26 Å². The monoisotopic (exact) mass is 478 g/mol. The largest absolute Gasteiger partial charge is 0.485 e. The Balaban J connectivity index is 1.64. The standard InChI is InChI=1S/C28H26N6O2/c1-34(2)28-32-26(31-27(30)33-28)23(17-29)15-22-13-14-24(35-18-20-9-5-3-6-10-20)25(16-22)36-19-21-11-7-4-8-12-21/h3-16H,18-19H2,1-2H3,(H2,30,31,32,33)/b23-15+. The van der Waals surface area contributed by atoms with Gasteiger partial charge in [0.25, 0.3) is 0 Å². The molecule has 8 heteroatoms. The molecule has 1 aromatic heterocycles. The predicted molar refractivity (Wildman–Crippen MR) is 140 cm³/mol. The number of anilines is 2. The zero-order valence-corrected chi connectivity index (χ0v) is 20.1. The summed E-state index contributed by atoms with van der Waals surface area (Å²) in [6.45, 7) is 0.773. The molecule has 2 N–H and O–H groups in total. The second-order valence-electron chi connectivity index (χ2n) is 8.14. The Morgan fingerprint density at radius 3 is 2.06 bits per heavy atom. The number of hydrogen-bond donors (Lipinski definition) is 1. The summed E-state index contributed by atoms with van der Waals surface area (Å²) in [5.41, 5.74) is 8.90. The zero-order valence-electron chi connectivity index (χ0n) is 20.1. The minimum Gasteiger partial charge on any atom is -0.485 e.